The zero-order valence-corrected chi connectivity index (χ0v) is 9.54. The highest BCUT2D eigenvalue weighted by molar-refractivity contribution is 7.10. The van der Waals surface area contributed by atoms with Gasteiger partial charge in [-0.2, -0.15) is 0 Å². The van der Waals surface area contributed by atoms with E-state index in [-0.39, 0.29) is 0 Å². The minimum atomic E-state index is -0.423. The molecule has 2 rings (SSSR count). The van der Waals surface area contributed by atoms with Gasteiger partial charge in [-0.05, 0) is 18.2 Å². The number of ether oxygens (including phenoxy) is 1. The highest BCUT2D eigenvalue weighted by Crippen LogP contribution is 2.25. The lowest BCUT2D eigenvalue weighted by atomic mass is 10.2. The van der Waals surface area contributed by atoms with Crippen LogP contribution in [0.4, 0.5) is 4.79 Å². The molecule has 0 saturated heterocycles. The van der Waals surface area contributed by atoms with E-state index in [4.69, 9.17) is 4.42 Å². The Hall–Kier alpha value is -1.75. The van der Waals surface area contributed by atoms with Crippen LogP contribution in [0.15, 0.2) is 34.3 Å². The van der Waals surface area contributed by atoms with Crippen molar-refractivity contribution in [3.05, 3.63) is 34.7 Å². The second-order valence-electron chi connectivity index (χ2n) is 3.12. The van der Waals surface area contributed by atoms with Crippen molar-refractivity contribution in [2.24, 2.45) is 0 Å². The van der Waals surface area contributed by atoms with Gasteiger partial charge in [0, 0.05) is 15.8 Å². The maximum atomic E-state index is 10.9. The molecule has 84 valence electrons. The highest BCUT2D eigenvalue weighted by atomic mass is 32.1. The monoisotopic (exact) mass is 237 g/mol. The third-order valence-electron chi connectivity index (χ3n) is 2.05. The van der Waals surface area contributed by atoms with Crippen molar-refractivity contribution in [3.8, 4) is 11.3 Å². The van der Waals surface area contributed by atoms with Crippen LogP contribution < -0.4 is 5.32 Å². The summed E-state index contributed by atoms with van der Waals surface area (Å²) in [6, 6.07) is 5.73. The number of carbonyl (C=O) groups excluding carboxylic acids is 1. The van der Waals surface area contributed by atoms with Gasteiger partial charge in [-0.25, -0.2) is 4.79 Å². The second-order valence-corrected chi connectivity index (χ2v) is 4.12. The van der Waals surface area contributed by atoms with Crippen LogP contribution >= 0.6 is 11.3 Å². The van der Waals surface area contributed by atoms with E-state index in [1.165, 1.54) is 7.11 Å². The summed E-state index contributed by atoms with van der Waals surface area (Å²) in [7, 11) is 1.35. The third-order valence-corrected chi connectivity index (χ3v) is 2.99. The average molecular weight is 237 g/mol. The van der Waals surface area contributed by atoms with Crippen molar-refractivity contribution in [2.45, 2.75) is 6.54 Å². The smallest absolute Gasteiger partial charge is 0.407 e. The largest absolute Gasteiger partial charge is 0.464 e. The van der Waals surface area contributed by atoms with Crippen LogP contribution in [0, 0.1) is 0 Å². The van der Waals surface area contributed by atoms with Gasteiger partial charge in [0.25, 0.3) is 0 Å². The minimum absolute atomic E-state index is 0.423. The molecular weight excluding hydrogens is 226 g/mol. The standard InChI is InChI=1S/C11H11NO3S/c1-14-11(13)12-6-9-5-8(7-16-9)10-3-2-4-15-10/h2-5,7H,6H2,1H3,(H,12,13). The van der Waals surface area contributed by atoms with Crippen molar-refractivity contribution >= 4 is 17.4 Å². The quantitative estimate of drug-likeness (QED) is 0.893. The first kappa shape index (κ1) is 10.8. The van der Waals surface area contributed by atoms with E-state index >= 15 is 0 Å². The van der Waals surface area contributed by atoms with Gasteiger partial charge in [0.15, 0.2) is 0 Å². The molecule has 0 bridgehead atoms. The number of furan rings is 1. The molecule has 5 heteroatoms. The lowest BCUT2D eigenvalue weighted by Crippen LogP contribution is -2.21. The zero-order valence-electron chi connectivity index (χ0n) is 8.73. The van der Waals surface area contributed by atoms with Crippen LogP contribution in [0.3, 0.4) is 0 Å². The summed E-state index contributed by atoms with van der Waals surface area (Å²) < 4.78 is 9.76. The Morgan fingerprint density at radius 1 is 1.62 bits per heavy atom. The van der Waals surface area contributed by atoms with Gasteiger partial charge in [-0.3, -0.25) is 0 Å². The molecule has 2 aromatic rings. The number of carbonyl (C=O) groups is 1. The molecule has 16 heavy (non-hydrogen) atoms. The van der Waals surface area contributed by atoms with E-state index in [0.29, 0.717) is 6.54 Å². The minimum Gasteiger partial charge on any atom is -0.464 e. The van der Waals surface area contributed by atoms with E-state index in [2.05, 4.69) is 10.1 Å². The van der Waals surface area contributed by atoms with Crippen LogP contribution in [0.2, 0.25) is 0 Å². The highest BCUT2D eigenvalue weighted by Gasteiger charge is 2.05. The molecule has 0 aliphatic heterocycles. The van der Waals surface area contributed by atoms with Crippen molar-refractivity contribution in [3.63, 3.8) is 0 Å². The molecule has 2 heterocycles. The number of hydrogen-bond acceptors (Lipinski definition) is 4. The topological polar surface area (TPSA) is 51.5 Å². The normalized spacial score (nSPS) is 10.1. The lowest BCUT2D eigenvalue weighted by molar-refractivity contribution is 0.170. The maximum absolute atomic E-state index is 10.9. The molecule has 0 aromatic carbocycles. The molecule has 4 nitrogen and oxygen atoms in total. The van der Waals surface area contributed by atoms with Crippen LogP contribution in [0.25, 0.3) is 11.3 Å². The van der Waals surface area contributed by atoms with E-state index in [1.807, 2.05) is 23.6 Å². The molecule has 0 aliphatic rings. The van der Waals surface area contributed by atoms with Crippen LogP contribution in [-0.2, 0) is 11.3 Å². The summed E-state index contributed by atoms with van der Waals surface area (Å²) in [6.07, 6.45) is 1.22. The number of alkyl carbamates (subject to hydrolysis) is 1. The SMILES string of the molecule is COC(=O)NCc1cc(-c2ccco2)cs1. The summed E-state index contributed by atoms with van der Waals surface area (Å²) in [5.74, 6) is 0.834. The Bertz CT molecular complexity index is 461. The van der Waals surface area contributed by atoms with Gasteiger partial charge in [0.05, 0.1) is 19.9 Å². The van der Waals surface area contributed by atoms with E-state index in [1.54, 1.807) is 17.6 Å². The fraction of sp³-hybridized carbons (Fsp3) is 0.182. The molecule has 0 fully saturated rings. The first-order valence-corrected chi connectivity index (χ1v) is 5.60. The van der Waals surface area contributed by atoms with E-state index in [0.717, 1.165) is 16.2 Å². The molecule has 1 amide bonds. The molecule has 0 atom stereocenters. The van der Waals surface area contributed by atoms with Gasteiger partial charge in [-0.1, -0.05) is 0 Å². The van der Waals surface area contributed by atoms with Crippen LogP contribution in [0.5, 0.6) is 0 Å². The Morgan fingerprint density at radius 3 is 3.19 bits per heavy atom. The number of hydrogen-bond donors (Lipinski definition) is 1. The molecule has 0 saturated carbocycles. The van der Waals surface area contributed by atoms with Crippen LogP contribution in [-0.4, -0.2) is 13.2 Å². The Balaban J connectivity index is 2.00. The zero-order chi connectivity index (χ0) is 11.4. The maximum Gasteiger partial charge on any atom is 0.407 e. The molecule has 0 radical (unpaired) electrons. The molecular formula is C11H11NO3S. The summed E-state index contributed by atoms with van der Waals surface area (Å²) >= 11 is 1.57. The second kappa shape index (κ2) is 4.85. The Morgan fingerprint density at radius 2 is 2.50 bits per heavy atom. The fourth-order valence-corrected chi connectivity index (χ4v) is 2.09. The summed E-state index contributed by atoms with van der Waals surface area (Å²) in [4.78, 5) is 11.9. The van der Waals surface area contributed by atoms with Crippen molar-refractivity contribution < 1.29 is 13.9 Å². The van der Waals surface area contributed by atoms with E-state index < -0.39 is 6.09 Å². The number of rotatable bonds is 3. The predicted molar refractivity (Wildman–Crippen MR) is 61.3 cm³/mol. The molecule has 0 aliphatic carbocycles. The molecule has 1 N–H and O–H groups in total. The van der Waals surface area contributed by atoms with Crippen molar-refractivity contribution in [1.29, 1.82) is 0 Å². The molecule has 2 aromatic heterocycles. The predicted octanol–water partition coefficient (Wildman–Crippen LogP) is 2.86. The Labute approximate surface area is 96.8 Å². The van der Waals surface area contributed by atoms with Gasteiger partial charge in [0.1, 0.15) is 5.76 Å². The average Bonchev–Trinajstić information content (AvgIpc) is 2.95. The molecule has 0 spiro atoms. The van der Waals surface area contributed by atoms with Gasteiger partial charge in [0.2, 0.25) is 0 Å². The first-order chi connectivity index (χ1) is 7.79. The molecule has 0 unspecified atom stereocenters. The summed E-state index contributed by atoms with van der Waals surface area (Å²) in [5, 5.41) is 4.62. The summed E-state index contributed by atoms with van der Waals surface area (Å²) in [6.45, 7) is 0.470. The van der Waals surface area contributed by atoms with Crippen molar-refractivity contribution in [2.75, 3.05) is 7.11 Å². The number of nitrogens with one attached hydrogen (secondary N) is 1. The third kappa shape index (κ3) is 2.43. The van der Waals surface area contributed by atoms with Gasteiger partial charge in [-0.15, -0.1) is 11.3 Å². The van der Waals surface area contributed by atoms with Gasteiger partial charge >= 0.3 is 6.09 Å². The Kier molecular flexibility index (Phi) is 3.26. The number of amides is 1. The lowest BCUT2D eigenvalue weighted by Gasteiger charge is -1.99. The fourth-order valence-electron chi connectivity index (χ4n) is 1.28. The van der Waals surface area contributed by atoms with Crippen molar-refractivity contribution in [1.82, 2.24) is 5.32 Å². The number of thiophene rings is 1. The van der Waals surface area contributed by atoms with Gasteiger partial charge < -0.3 is 14.5 Å². The summed E-state index contributed by atoms with van der Waals surface area (Å²) in [5.41, 5.74) is 1.02. The number of methoxy groups -OCH3 is 1. The first-order valence-electron chi connectivity index (χ1n) is 4.72. The van der Waals surface area contributed by atoms with E-state index in [9.17, 15) is 4.79 Å². The van der Waals surface area contributed by atoms with Crippen LogP contribution in [0.1, 0.15) is 4.88 Å².